The van der Waals surface area contributed by atoms with E-state index < -0.39 is 59.7 Å². The van der Waals surface area contributed by atoms with Gasteiger partial charge in [0, 0.05) is 37.8 Å². The van der Waals surface area contributed by atoms with E-state index in [1.54, 1.807) is 48.5 Å². The minimum atomic E-state index is -1.35. The van der Waals surface area contributed by atoms with Gasteiger partial charge in [-0.25, -0.2) is 4.79 Å². The monoisotopic (exact) mass is 793 g/mol. The van der Waals surface area contributed by atoms with Gasteiger partial charge in [-0.3, -0.25) is 24.0 Å². The van der Waals surface area contributed by atoms with Crippen LogP contribution in [-0.4, -0.2) is 64.8 Å². The Balaban J connectivity index is 1.34. The highest BCUT2D eigenvalue weighted by atomic mass is 16.4. The zero-order valence-corrected chi connectivity index (χ0v) is 32.4. The van der Waals surface area contributed by atoms with Crippen molar-refractivity contribution in [2.45, 2.75) is 69.1 Å². The SMILES string of the molecule is O=C1CCC(=O)N[C@H](CCc2ccccc2)C(=O)N[C@@H](Cc2ccc(-c3ccccc3)cc2)C(=O)N[C@H](Cc2ccccc2)C(=O)N[C@@H](C(=O)O)Cc2ccc(cc2)N1. The summed E-state index contributed by atoms with van der Waals surface area (Å²) < 4.78 is 0. The maximum Gasteiger partial charge on any atom is 0.326 e. The van der Waals surface area contributed by atoms with Crippen molar-refractivity contribution in [3.8, 4) is 11.1 Å². The first kappa shape index (κ1) is 41.6. The van der Waals surface area contributed by atoms with Crippen LogP contribution in [0.3, 0.4) is 0 Å². The van der Waals surface area contributed by atoms with E-state index >= 15 is 0 Å². The van der Waals surface area contributed by atoms with Crippen LogP contribution < -0.4 is 26.6 Å². The molecule has 5 aromatic rings. The lowest BCUT2D eigenvalue weighted by atomic mass is 9.98. The number of carboxylic acids is 1. The van der Waals surface area contributed by atoms with E-state index in [1.807, 2.05) is 91.0 Å². The molecule has 2 aliphatic rings. The smallest absolute Gasteiger partial charge is 0.326 e. The summed E-state index contributed by atoms with van der Waals surface area (Å²) in [4.78, 5) is 81.3. The topological polar surface area (TPSA) is 183 Å². The van der Waals surface area contributed by atoms with Gasteiger partial charge >= 0.3 is 5.97 Å². The summed E-state index contributed by atoms with van der Waals surface area (Å²) in [5, 5.41) is 24.0. The van der Waals surface area contributed by atoms with Gasteiger partial charge < -0.3 is 31.7 Å². The van der Waals surface area contributed by atoms with Crippen LogP contribution in [-0.2, 0) is 54.5 Å². The molecule has 0 unspecified atom stereocenters. The summed E-state index contributed by atoms with van der Waals surface area (Å²) in [6.07, 6.45) is 0.226. The van der Waals surface area contributed by atoms with Crippen LogP contribution in [0.25, 0.3) is 11.1 Å². The number of carbonyl (C=O) groups excluding carboxylic acids is 5. The number of hydrogen-bond acceptors (Lipinski definition) is 6. The third-order valence-electron chi connectivity index (χ3n) is 10.1. The minimum Gasteiger partial charge on any atom is -0.480 e. The lowest BCUT2D eigenvalue weighted by Gasteiger charge is -2.26. The van der Waals surface area contributed by atoms with Crippen LogP contribution in [0.1, 0.15) is 41.5 Å². The highest BCUT2D eigenvalue weighted by Gasteiger charge is 2.32. The normalized spacial score (nSPS) is 19.6. The first-order valence-electron chi connectivity index (χ1n) is 19.6. The average molecular weight is 794 g/mol. The van der Waals surface area contributed by atoms with E-state index in [1.165, 1.54) is 0 Å². The summed E-state index contributed by atoms with van der Waals surface area (Å²) in [5.74, 6) is -4.26. The lowest BCUT2D eigenvalue weighted by molar-refractivity contribution is -0.142. The molecule has 6 N–H and O–H groups in total. The van der Waals surface area contributed by atoms with Crippen molar-refractivity contribution in [3.05, 3.63) is 162 Å². The second-order valence-electron chi connectivity index (χ2n) is 14.6. The van der Waals surface area contributed by atoms with Gasteiger partial charge in [0.15, 0.2) is 0 Å². The highest BCUT2D eigenvalue weighted by Crippen LogP contribution is 2.20. The molecule has 2 aliphatic heterocycles. The number of carboxylic acid groups (broad SMARTS) is 1. The number of nitrogens with one attached hydrogen (secondary N) is 5. The molecule has 0 aliphatic carbocycles. The third kappa shape index (κ3) is 12.5. The van der Waals surface area contributed by atoms with Crippen LogP contribution in [0, 0.1) is 0 Å². The second-order valence-corrected chi connectivity index (χ2v) is 14.6. The molecule has 0 saturated carbocycles. The first-order valence-corrected chi connectivity index (χ1v) is 19.6. The van der Waals surface area contributed by atoms with Gasteiger partial charge in [-0.05, 0) is 58.4 Å². The van der Waals surface area contributed by atoms with E-state index in [2.05, 4.69) is 26.6 Å². The zero-order valence-electron chi connectivity index (χ0n) is 32.4. The van der Waals surface area contributed by atoms with Crippen LogP contribution in [0.2, 0.25) is 0 Å². The zero-order chi connectivity index (χ0) is 41.6. The number of aliphatic carboxylic acids is 1. The van der Waals surface area contributed by atoms with Crippen molar-refractivity contribution in [1.29, 1.82) is 0 Å². The fourth-order valence-electron chi connectivity index (χ4n) is 6.89. The van der Waals surface area contributed by atoms with E-state index in [9.17, 15) is 33.9 Å². The summed E-state index contributed by atoms with van der Waals surface area (Å²) in [6.45, 7) is 0. The van der Waals surface area contributed by atoms with Gasteiger partial charge in [0.1, 0.15) is 24.2 Å². The Kier molecular flexibility index (Phi) is 14.3. The quantitative estimate of drug-likeness (QED) is 0.116. The molecule has 0 fully saturated rings. The standard InChI is InChI=1S/C47H47N5O7/c53-42-26-27-43(54)49-38(25-20-31-10-4-1-5-11-31)44(55)50-40(29-33-16-21-36(22-17-33)35-14-8-3-9-15-35)45(56)51-39(28-32-12-6-2-7-13-32)46(57)52-41(47(58)59)30-34-18-23-37(48-42)24-19-34/h1-19,21-24,38-41H,20,25-30H2,(H,48,53)(H,49,54)(H,50,55)(H,51,56)(H,52,57)(H,58,59)/t38-,39-,40+,41-/m1/s1. The summed E-state index contributed by atoms with van der Waals surface area (Å²) >= 11 is 0. The minimum absolute atomic E-state index is 0.0272. The number of hydrogen-bond donors (Lipinski definition) is 6. The molecule has 2 heterocycles. The fraction of sp³-hybridized carbons (Fsp3) is 0.234. The molecule has 5 aromatic carbocycles. The fourth-order valence-corrected chi connectivity index (χ4v) is 6.89. The van der Waals surface area contributed by atoms with E-state index in [0.29, 0.717) is 28.8 Å². The molecular weight excluding hydrogens is 747 g/mol. The van der Waals surface area contributed by atoms with Gasteiger partial charge in [0.25, 0.3) is 0 Å². The van der Waals surface area contributed by atoms with Gasteiger partial charge in [-0.2, -0.15) is 0 Å². The predicted octanol–water partition coefficient (Wildman–Crippen LogP) is 4.77. The number of benzene rings is 5. The van der Waals surface area contributed by atoms with Crippen LogP contribution >= 0.6 is 0 Å². The van der Waals surface area contributed by atoms with E-state index in [4.69, 9.17) is 0 Å². The van der Waals surface area contributed by atoms with Gasteiger partial charge in [-0.15, -0.1) is 0 Å². The van der Waals surface area contributed by atoms with Crippen molar-refractivity contribution in [2.75, 3.05) is 5.32 Å². The maximum absolute atomic E-state index is 14.4. The molecule has 12 heteroatoms. The molecule has 12 nitrogen and oxygen atoms in total. The number of anilines is 1. The Labute approximate surface area is 342 Å². The third-order valence-corrected chi connectivity index (χ3v) is 10.1. The molecule has 0 saturated heterocycles. The van der Waals surface area contributed by atoms with Crippen molar-refractivity contribution in [3.63, 3.8) is 0 Å². The van der Waals surface area contributed by atoms with Crippen LogP contribution in [0.5, 0.6) is 0 Å². The van der Waals surface area contributed by atoms with Crippen LogP contribution in [0.15, 0.2) is 140 Å². The van der Waals surface area contributed by atoms with Crippen molar-refractivity contribution >= 4 is 41.2 Å². The van der Waals surface area contributed by atoms with Gasteiger partial charge in [0.05, 0.1) is 0 Å². The van der Waals surface area contributed by atoms with Gasteiger partial charge in [0.2, 0.25) is 29.5 Å². The largest absolute Gasteiger partial charge is 0.480 e. The molecule has 4 atom stereocenters. The Hall–Kier alpha value is -7.08. The maximum atomic E-state index is 14.4. The molecule has 0 radical (unpaired) electrons. The van der Waals surface area contributed by atoms with E-state index in [0.717, 1.165) is 16.7 Å². The van der Waals surface area contributed by atoms with E-state index in [-0.39, 0.29) is 38.5 Å². The predicted molar refractivity (Wildman–Crippen MR) is 224 cm³/mol. The summed E-state index contributed by atoms with van der Waals surface area (Å²) in [6, 6.07) is 37.4. The summed E-state index contributed by atoms with van der Waals surface area (Å²) in [7, 11) is 0. The molecule has 59 heavy (non-hydrogen) atoms. The molecule has 7 rings (SSSR count). The lowest BCUT2D eigenvalue weighted by Crippen LogP contribution is -2.59. The first-order chi connectivity index (χ1) is 28.6. The Morgan fingerprint density at radius 3 is 1.59 bits per heavy atom. The van der Waals surface area contributed by atoms with Crippen molar-refractivity contribution < 1.29 is 33.9 Å². The van der Waals surface area contributed by atoms with Gasteiger partial charge in [-0.1, -0.05) is 127 Å². The molecule has 0 aromatic heterocycles. The molecule has 2 bridgehead atoms. The number of amides is 5. The Bertz CT molecular complexity index is 2220. The number of rotatable bonds is 9. The Morgan fingerprint density at radius 2 is 1.00 bits per heavy atom. The number of fused-ring (bicyclic) bond motifs is 18. The number of carbonyl (C=O) groups is 6. The Morgan fingerprint density at radius 1 is 0.508 bits per heavy atom. The molecule has 5 amide bonds. The van der Waals surface area contributed by atoms with Crippen molar-refractivity contribution in [1.82, 2.24) is 21.3 Å². The second kappa shape index (κ2) is 20.4. The molecule has 302 valence electrons. The number of aryl methyl sites for hydroxylation is 1. The van der Waals surface area contributed by atoms with Crippen molar-refractivity contribution in [2.24, 2.45) is 0 Å². The average Bonchev–Trinajstić information content (AvgIpc) is 3.25. The molecular formula is C47H47N5O7. The highest BCUT2D eigenvalue weighted by molar-refractivity contribution is 5.96. The molecule has 0 spiro atoms. The van der Waals surface area contributed by atoms with Crippen LogP contribution in [0.4, 0.5) is 5.69 Å². The summed E-state index contributed by atoms with van der Waals surface area (Å²) in [5.41, 5.74) is 5.33.